The van der Waals surface area contributed by atoms with Gasteiger partial charge in [0.15, 0.2) is 5.78 Å². The summed E-state index contributed by atoms with van der Waals surface area (Å²) >= 11 is 1.28. The van der Waals surface area contributed by atoms with Crippen LogP contribution >= 0.6 is 11.8 Å². The number of hydrogen-bond acceptors (Lipinski definition) is 10. The second-order valence-electron chi connectivity index (χ2n) is 15.4. The Morgan fingerprint density at radius 3 is 2.24 bits per heavy atom. The summed E-state index contributed by atoms with van der Waals surface area (Å²) in [4.78, 5) is 81.7. The summed E-state index contributed by atoms with van der Waals surface area (Å²) in [6.07, 6.45) is 6.21. The number of ketones is 1. The average Bonchev–Trinajstić information content (AvgIpc) is 3.84. The van der Waals surface area contributed by atoms with Crippen molar-refractivity contribution < 1.29 is 42.7 Å². The maximum Gasteiger partial charge on any atom is 0.253 e. The highest BCUT2D eigenvalue weighted by Gasteiger charge is 2.41. The lowest BCUT2D eigenvalue weighted by Crippen LogP contribution is -2.47. The number of thioether (sulfide) groups is 1. The van der Waals surface area contributed by atoms with Crippen LogP contribution in [0.25, 0.3) is 11.3 Å². The first-order valence-electron chi connectivity index (χ1n) is 19.3. The molecule has 2 aromatic carbocycles. The smallest absolute Gasteiger partial charge is 0.253 e. The minimum absolute atomic E-state index is 0.00798. The van der Waals surface area contributed by atoms with Crippen molar-refractivity contribution in [2.45, 2.75) is 64.8 Å². The van der Waals surface area contributed by atoms with Gasteiger partial charge in [0, 0.05) is 56.5 Å². The van der Waals surface area contributed by atoms with Gasteiger partial charge in [-0.05, 0) is 73.2 Å². The summed E-state index contributed by atoms with van der Waals surface area (Å²) in [6.45, 7) is 10.5. The van der Waals surface area contributed by atoms with Gasteiger partial charge in [-0.2, -0.15) is 0 Å². The van der Waals surface area contributed by atoms with Crippen LogP contribution in [0.4, 0.5) is 8.78 Å². The van der Waals surface area contributed by atoms with Gasteiger partial charge in [-0.25, -0.2) is 13.8 Å². The van der Waals surface area contributed by atoms with Crippen molar-refractivity contribution in [2.24, 2.45) is 17.1 Å². The van der Waals surface area contributed by atoms with Crippen LogP contribution in [0.2, 0.25) is 0 Å². The van der Waals surface area contributed by atoms with Gasteiger partial charge in [-0.15, -0.1) is 11.8 Å². The number of hydrogen-bond donors (Lipinski definition) is 2. The van der Waals surface area contributed by atoms with Gasteiger partial charge in [0.05, 0.1) is 17.0 Å². The molecule has 0 bridgehead atoms. The maximum atomic E-state index is 15.1. The number of benzene rings is 2. The molecule has 16 heteroatoms. The highest BCUT2D eigenvalue weighted by atomic mass is 32.2. The molecule has 1 aromatic heterocycles. The number of likely N-dealkylation sites (tertiary alicyclic amines) is 1. The molecule has 2 aliphatic rings. The van der Waals surface area contributed by atoms with E-state index in [2.05, 4.69) is 6.58 Å². The van der Waals surface area contributed by atoms with Crippen molar-refractivity contribution in [3.05, 3.63) is 103 Å². The number of allylic oxidation sites excluding steroid dienone is 1. The van der Waals surface area contributed by atoms with Gasteiger partial charge < -0.3 is 20.3 Å². The molecule has 3 N–H and O–H groups in total. The van der Waals surface area contributed by atoms with E-state index in [-0.39, 0.29) is 79.2 Å². The van der Waals surface area contributed by atoms with E-state index in [4.69, 9.17) is 10.7 Å². The number of imide groups is 2. The molecule has 59 heavy (non-hydrogen) atoms. The molecule has 13 nitrogen and oxygen atoms in total. The Hall–Kier alpha value is -5.32. The summed E-state index contributed by atoms with van der Waals surface area (Å²) in [5.74, 6) is -2.89. The van der Waals surface area contributed by atoms with Crippen molar-refractivity contribution in [1.29, 1.82) is 0 Å². The molecule has 3 aromatic rings. The number of aromatic nitrogens is 2. The quantitative estimate of drug-likeness (QED) is 0.104. The van der Waals surface area contributed by atoms with Gasteiger partial charge in [-0.3, -0.25) is 38.6 Å². The predicted octanol–water partition coefficient (Wildman–Crippen LogP) is 4.69. The van der Waals surface area contributed by atoms with Crippen LogP contribution in [0.5, 0.6) is 0 Å². The third-order valence-corrected chi connectivity index (χ3v) is 11.2. The largest absolute Gasteiger partial charge is 0.387 e. The Morgan fingerprint density at radius 1 is 1.03 bits per heavy atom. The summed E-state index contributed by atoms with van der Waals surface area (Å²) in [5, 5.41) is 9.56. The van der Waals surface area contributed by atoms with Crippen LogP contribution in [0.15, 0.2) is 79.5 Å². The predicted molar refractivity (Wildman–Crippen MR) is 220 cm³/mol. The molecule has 5 rings (SSSR count). The molecule has 0 aliphatic carbocycles. The molecule has 3 unspecified atom stereocenters. The molecule has 3 heterocycles. The molecular weight excluding hydrogens is 783 g/mol. The first-order chi connectivity index (χ1) is 28.0. The van der Waals surface area contributed by atoms with Crippen molar-refractivity contribution >= 4 is 47.1 Å². The number of amides is 5. The SMILES string of the molecule is C=CC(C)=O.CC(C)(C)C(c1nc(-c2cc(F)ccc2F)cn1Cc1ccccc1)N(CC(CN)CSC1CC(=O)N(CCCCN2C(=O)C=CC2=O)C1=O)C(=O)CO. The standard InChI is InChI=1S/C39H46F2N6O6S.C4H6O/c1-39(2,3)36(37-43-30(28-17-27(40)11-12-29(28)41)22-44(37)20-25-9-5-4-6-10-25)47(35(52)23-48)21-26(19-42)24-54-31-18-34(51)46(38(31)53)16-8-7-15-45-32(49)13-14-33(45)50;1-3-4(2)5/h4-6,9-14,17,22,26,31,36,48H,7-8,15-16,18-21,23-24,42H2,1-3H3;3H,1H2,2H3. The number of carbonyl (C=O) groups is 6. The fourth-order valence-electron chi connectivity index (χ4n) is 6.75. The van der Waals surface area contributed by atoms with Gasteiger partial charge >= 0.3 is 0 Å². The van der Waals surface area contributed by atoms with E-state index >= 15 is 4.39 Å². The van der Waals surface area contributed by atoms with E-state index in [1.807, 2.05) is 55.7 Å². The Bertz CT molecular complexity index is 2030. The van der Waals surface area contributed by atoms with Crippen molar-refractivity contribution in [3.8, 4) is 11.3 Å². The fraction of sp³-hybridized carbons (Fsp3) is 0.419. The molecular formula is C43H52F2N6O7S. The van der Waals surface area contributed by atoms with E-state index in [0.29, 0.717) is 31.0 Å². The van der Waals surface area contributed by atoms with E-state index in [1.54, 1.807) is 6.20 Å². The lowest BCUT2D eigenvalue weighted by Gasteiger charge is -2.41. The number of imidazole rings is 1. The zero-order chi connectivity index (χ0) is 43.4. The summed E-state index contributed by atoms with van der Waals surface area (Å²) in [5.41, 5.74) is 6.61. The number of aliphatic hydroxyl groups excluding tert-OH is 1. The number of halogens is 2. The van der Waals surface area contributed by atoms with Crippen LogP contribution in [-0.2, 0) is 35.3 Å². The average molecular weight is 835 g/mol. The lowest BCUT2D eigenvalue weighted by atomic mass is 9.84. The Kier molecular flexibility index (Phi) is 16.6. The minimum Gasteiger partial charge on any atom is -0.387 e. The summed E-state index contributed by atoms with van der Waals surface area (Å²) in [6, 6.07) is 11.9. The van der Waals surface area contributed by atoms with Crippen LogP contribution in [0.1, 0.15) is 64.4 Å². The first kappa shape index (κ1) is 46.4. The topological polar surface area (TPSA) is 176 Å². The van der Waals surface area contributed by atoms with Crippen molar-refractivity contribution in [2.75, 3.05) is 38.5 Å². The number of carbonyl (C=O) groups excluding carboxylic acids is 6. The minimum atomic E-state index is -0.803. The fourth-order valence-corrected chi connectivity index (χ4v) is 8.03. The van der Waals surface area contributed by atoms with E-state index in [0.717, 1.165) is 28.7 Å². The van der Waals surface area contributed by atoms with Gasteiger partial charge in [0.25, 0.3) is 11.8 Å². The monoisotopic (exact) mass is 834 g/mol. The Morgan fingerprint density at radius 2 is 1.66 bits per heavy atom. The molecule has 1 fully saturated rings. The normalized spacial score (nSPS) is 16.3. The highest BCUT2D eigenvalue weighted by Crippen LogP contribution is 2.40. The number of nitrogens with two attached hydrogens (primary N) is 1. The third kappa shape index (κ3) is 12.3. The molecule has 0 spiro atoms. The second kappa shape index (κ2) is 21.1. The van der Waals surface area contributed by atoms with Gasteiger partial charge in [0.2, 0.25) is 17.7 Å². The zero-order valence-corrected chi connectivity index (χ0v) is 34.6. The third-order valence-electron chi connectivity index (χ3n) is 9.76. The van der Waals surface area contributed by atoms with Crippen LogP contribution < -0.4 is 5.73 Å². The number of unbranched alkanes of at least 4 members (excludes halogenated alkanes) is 1. The Balaban J connectivity index is 0.00000145. The van der Waals surface area contributed by atoms with Crippen LogP contribution in [-0.4, -0.2) is 108 Å². The maximum absolute atomic E-state index is 15.1. The Labute approximate surface area is 347 Å². The van der Waals surface area contributed by atoms with Gasteiger partial charge in [-0.1, -0.05) is 57.7 Å². The molecule has 5 amide bonds. The van der Waals surface area contributed by atoms with E-state index in [1.165, 1.54) is 46.7 Å². The number of aliphatic hydroxyl groups is 1. The second-order valence-corrected chi connectivity index (χ2v) is 16.6. The summed E-state index contributed by atoms with van der Waals surface area (Å²) < 4.78 is 31.2. The number of rotatable bonds is 18. The molecule has 316 valence electrons. The zero-order valence-electron chi connectivity index (χ0n) is 33.8. The molecule has 0 radical (unpaired) electrons. The first-order valence-corrected chi connectivity index (χ1v) is 20.3. The van der Waals surface area contributed by atoms with Crippen LogP contribution in [0, 0.1) is 23.0 Å². The lowest BCUT2D eigenvalue weighted by molar-refractivity contribution is -0.140. The molecule has 3 atom stereocenters. The molecule has 1 saturated heterocycles. The molecule has 0 saturated carbocycles. The summed E-state index contributed by atoms with van der Waals surface area (Å²) in [7, 11) is 0. The van der Waals surface area contributed by atoms with Crippen LogP contribution in [0.3, 0.4) is 0 Å². The van der Waals surface area contributed by atoms with Gasteiger partial charge in [0.1, 0.15) is 24.1 Å². The molecule has 2 aliphatic heterocycles. The van der Waals surface area contributed by atoms with E-state index in [9.17, 15) is 38.3 Å². The number of nitrogens with zero attached hydrogens (tertiary/aromatic N) is 5. The van der Waals surface area contributed by atoms with E-state index < -0.39 is 40.9 Å². The van der Waals surface area contributed by atoms with Crippen molar-refractivity contribution in [3.63, 3.8) is 0 Å². The highest BCUT2D eigenvalue weighted by molar-refractivity contribution is 8.00. The van der Waals surface area contributed by atoms with Crippen molar-refractivity contribution in [1.82, 2.24) is 24.3 Å².